The van der Waals surface area contributed by atoms with Crippen molar-refractivity contribution in [3.63, 3.8) is 0 Å². The second kappa shape index (κ2) is 8.54. The topological polar surface area (TPSA) is 129 Å². The number of ether oxygens (including phenoxy) is 1. The van der Waals surface area contributed by atoms with Gasteiger partial charge >= 0.3 is 0 Å². The smallest absolute Gasteiger partial charge is 0.266 e. The molecule has 0 saturated carbocycles. The summed E-state index contributed by atoms with van der Waals surface area (Å²) >= 11 is 0. The molecule has 0 aliphatic carbocycles. The zero-order valence-electron chi connectivity index (χ0n) is 17.7. The molecule has 0 spiro atoms. The molecule has 0 atom stereocenters. The second-order valence-electron chi connectivity index (χ2n) is 7.43. The Balaban J connectivity index is 1.25. The average molecular weight is 444 g/mol. The summed E-state index contributed by atoms with van der Waals surface area (Å²) in [6.07, 6.45) is 7.73. The van der Waals surface area contributed by atoms with Crippen LogP contribution in [0.2, 0.25) is 0 Å². The third kappa shape index (κ3) is 4.28. The highest BCUT2D eigenvalue weighted by atomic mass is 16.5. The minimum Gasteiger partial charge on any atom is -0.456 e. The van der Waals surface area contributed by atoms with E-state index in [9.17, 15) is 9.59 Å². The van der Waals surface area contributed by atoms with Crippen LogP contribution in [-0.2, 0) is 20.0 Å². The fourth-order valence-electron chi connectivity index (χ4n) is 3.51. The normalized spacial score (nSPS) is 12.3. The van der Waals surface area contributed by atoms with Crippen molar-refractivity contribution in [2.24, 2.45) is 7.05 Å². The fourth-order valence-corrected chi connectivity index (χ4v) is 3.51. The molecule has 166 valence electrons. The number of aromatic nitrogens is 6. The molecule has 0 saturated heterocycles. The number of pyridine rings is 2. The van der Waals surface area contributed by atoms with Gasteiger partial charge in [0.15, 0.2) is 0 Å². The van der Waals surface area contributed by atoms with E-state index in [1.807, 2.05) is 13.1 Å². The van der Waals surface area contributed by atoms with E-state index < -0.39 is 5.91 Å². The fraction of sp³-hybridized carbons (Fsp3) is 0.182. The van der Waals surface area contributed by atoms with E-state index in [-0.39, 0.29) is 11.1 Å². The summed E-state index contributed by atoms with van der Waals surface area (Å²) in [5.74, 6) is 2.89. The molecule has 11 nitrogen and oxygen atoms in total. The highest BCUT2D eigenvalue weighted by Gasteiger charge is 2.19. The molecule has 0 bridgehead atoms. The summed E-state index contributed by atoms with van der Waals surface area (Å²) in [4.78, 5) is 37.8. The first kappa shape index (κ1) is 20.4. The molecule has 0 fully saturated rings. The van der Waals surface area contributed by atoms with Crippen LogP contribution in [-0.4, -0.2) is 35.2 Å². The predicted molar refractivity (Wildman–Crippen MR) is 120 cm³/mol. The molecule has 0 unspecified atom stereocenters. The molecule has 1 aliphatic rings. The highest BCUT2D eigenvalue weighted by molar-refractivity contribution is 6.03. The Kier molecular flexibility index (Phi) is 5.27. The van der Waals surface area contributed by atoms with Crippen LogP contribution in [0.15, 0.2) is 59.9 Å². The minimum atomic E-state index is -0.545. The Morgan fingerprint density at radius 3 is 2.73 bits per heavy atom. The minimum absolute atomic E-state index is 0.00647. The number of carbonyl (C=O) groups excluding carboxylic acids is 1. The van der Waals surface area contributed by atoms with Crippen LogP contribution < -0.4 is 20.9 Å². The number of hydrogen-bond donors (Lipinski definition) is 2. The summed E-state index contributed by atoms with van der Waals surface area (Å²) in [5.41, 5.74) is -0.337. The zero-order valence-corrected chi connectivity index (χ0v) is 17.7. The van der Waals surface area contributed by atoms with E-state index >= 15 is 0 Å². The molecule has 0 aromatic carbocycles. The molecule has 4 aromatic rings. The van der Waals surface area contributed by atoms with Gasteiger partial charge in [0.1, 0.15) is 40.3 Å². The highest BCUT2D eigenvalue weighted by Crippen LogP contribution is 2.24. The lowest BCUT2D eigenvalue weighted by atomic mass is 10.3. The number of rotatable bonds is 6. The standard InChI is InChI=1S/C22H20N8O3/c1-29-20(7-9-26-29)27-18-11-14(6-8-23-18)33-15-4-5-17(24-12-15)28-21(31)16-13-25-19-3-2-10-30(19)22(16)32/h4-9,11-13H,2-3,10H2,1H3,(H,23,27)(H,24,28,31). The summed E-state index contributed by atoms with van der Waals surface area (Å²) in [5, 5.41) is 9.90. The Labute approximate surface area is 188 Å². The van der Waals surface area contributed by atoms with Crippen LogP contribution in [0, 0.1) is 0 Å². The van der Waals surface area contributed by atoms with Gasteiger partial charge in [-0.15, -0.1) is 0 Å². The monoisotopic (exact) mass is 444 g/mol. The van der Waals surface area contributed by atoms with Gasteiger partial charge in [-0.05, 0) is 24.6 Å². The van der Waals surface area contributed by atoms with Crippen LogP contribution in [0.3, 0.4) is 0 Å². The maximum absolute atomic E-state index is 12.5. The van der Waals surface area contributed by atoms with E-state index in [1.54, 1.807) is 45.9 Å². The van der Waals surface area contributed by atoms with Crippen molar-refractivity contribution in [2.75, 3.05) is 10.6 Å². The molecular weight excluding hydrogens is 424 g/mol. The van der Waals surface area contributed by atoms with Crippen LogP contribution in [0.25, 0.3) is 0 Å². The van der Waals surface area contributed by atoms with Gasteiger partial charge in [0, 0.05) is 44.5 Å². The second-order valence-corrected chi connectivity index (χ2v) is 7.43. The number of anilines is 3. The van der Waals surface area contributed by atoms with Crippen LogP contribution in [0.1, 0.15) is 22.6 Å². The molecule has 5 rings (SSSR count). The Morgan fingerprint density at radius 1 is 1.03 bits per heavy atom. The number of fused-ring (bicyclic) bond motifs is 1. The molecule has 4 aromatic heterocycles. The molecule has 1 amide bonds. The van der Waals surface area contributed by atoms with Gasteiger partial charge in [0.25, 0.3) is 11.5 Å². The lowest BCUT2D eigenvalue weighted by Gasteiger charge is -2.10. The Hall–Kier alpha value is -4.54. The van der Waals surface area contributed by atoms with Crippen molar-refractivity contribution >= 4 is 23.4 Å². The van der Waals surface area contributed by atoms with Gasteiger partial charge in [-0.1, -0.05) is 0 Å². The van der Waals surface area contributed by atoms with E-state index in [1.165, 1.54) is 12.4 Å². The number of aryl methyl sites for hydroxylation is 2. The van der Waals surface area contributed by atoms with E-state index in [4.69, 9.17) is 4.74 Å². The van der Waals surface area contributed by atoms with Crippen molar-refractivity contribution in [1.82, 2.24) is 29.3 Å². The SMILES string of the molecule is Cn1nccc1Nc1cc(Oc2ccc(NC(=O)c3cnc4n(c3=O)CCC4)nc2)ccn1. The van der Waals surface area contributed by atoms with E-state index in [0.29, 0.717) is 35.5 Å². The van der Waals surface area contributed by atoms with Gasteiger partial charge in [-0.3, -0.25) is 18.8 Å². The first-order valence-corrected chi connectivity index (χ1v) is 10.3. The maximum atomic E-state index is 12.5. The Bertz CT molecular complexity index is 1380. The number of nitrogens with one attached hydrogen (secondary N) is 2. The van der Waals surface area contributed by atoms with Gasteiger partial charge < -0.3 is 15.4 Å². The molecule has 1 aliphatic heterocycles. The first-order chi connectivity index (χ1) is 16.1. The summed E-state index contributed by atoms with van der Waals surface area (Å²) in [6.45, 7) is 0.584. The van der Waals surface area contributed by atoms with E-state index in [2.05, 4.69) is 30.7 Å². The van der Waals surface area contributed by atoms with Gasteiger partial charge in [-0.25, -0.2) is 15.0 Å². The third-order valence-corrected chi connectivity index (χ3v) is 5.18. The number of nitrogens with zero attached hydrogens (tertiary/aromatic N) is 6. The number of amides is 1. The van der Waals surface area contributed by atoms with Crippen molar-refractivity contribution in [2.45, 2.75) is 19.4 Å². The van der Waals surface area contributed by atoms with Crippen LogP contribution >= 0.6 is 0 Å². The van der Waals surface area contributed by atoms with Crippen molar-refractivity contribution in [1.29, 1.82) is 0 Å². The molecule has 2 N–H and O–H groups in total. The van der Waals surface area contributed by atoms with Gasteiger partial charge in [-0.2, -0.15) is 5.10 Å². The van der Waals surface area contributed by atoms with Crippen molar-refractivity contribution in [3.05, 3.63) is 76.9 Å². The lowest BCUT2D eigenvalue weighted by molar-refractivity contribution is 0.102. The molecular formula is C22H20N8O3. The molecule has 5 heterocycles. The predicted octanol–water partition coefficient (Wildman–Crippen LogP) is 2.50. The molecule has 11 heteroatoms. The van der Waals surface area contributed by atoms with Crippen molar-refractivity contribution < 1.29 is 9.53 Å². The number of carbonyl (C=O) groups is 1. The lowest BCUT2D eigenvalue weighted by Crippen LogP contribution is -2.30. The molecule has 0 radical (unpaired) electrons. The summed E-state index contributed by atoms with van der Waals surface area (Å²) in [6, 6.07) is 8.57. The van der Waals surface area contributed by atoms with Gasteiger partial charge in [0.05, 0.1) is 12.4 Å². The summed E-state index contributed by atoms with van der Waals surface area (Å²) < 4.78 is 9.08. The zero-order chi connectivity index (χ0) is 22.8. The first-order valence-electron chi connectivity index (χ1n) is 10.3. The van der Waals surface area contributed by atoms with Crippen molar-refractivity contribution in [3.8, 4) is 11.5 Å². The van der Waals surface area contributed by atoms with Gasteiger partial charge in [0.2, 0.25) is 0 Å². The Morgan fingerprint density at radius 2 is 1.94 bits per heavy atom. The quantitative estimate of drug-likeness (QED) is 0.464. The van der Waals surface area contributed by atoms with Crippen LogP contribution in [0.5, 0.6) is 11.5 Å². The summed E-state index contributed by atoms with van der Waals surface area (Å²) in [7, 11) is 1.83. The van der Waals surface area contributed by atoms with E-state index in [0.717, 1.165) is 18.7 Å². The molecule has 33 heavy (non-hydrogen) atoms. The number of hydrogen-bond acceptors (Lipinski definition) is 8. The van der Waals surface area contributed by atoms with Crippen LogP contribution in [0.4, 0.5) is 17.5 Å². The average Bonchev–Trinajstić information content (AvgIpc) is 3.45. The third-order valence-electron chi connectivity index (χ3n) is 5.18. The maximum Gasteiger partial charge on any atom is 0.266 e. The largest absolute Gasteiger partial charge is 0.456 e.